The van der Waals surface area contributed by atoms with Gasteiger partial charge in [-0.25, -0.2) is 0 Å². The normalized spacial score (nSPS) is 15.2. The second-order valence-corrected chi connectivity index (χ2v) is 11.8. The number of thioether (sulfide) groups is 1. The molecule has 3 aromatic rings. The Morgan fingerprint density at radius 1 is 1.03 bits per heavy atom. The maximum absolute atomic E-state index is 13.0. The molecule has 1 aliphatic heterocycles. The summed E-state index contributed by atoms with van der Waals surface area (Å²) in [7, 11) is -4.12. The molecule has 0 radical (unpaired) electrons. The number of carbonyl (C=O) groups excluding carboxylic acids is 2. The van der Waals surface area contributed by atoms with E-state index in [2.05, 4.69) is 15.9 Å². The van der Waals surface area contributed by atoms with Gasteiger partial charge in [-0.15, -0.1) is 0 Å². The van der Waals surface area contributed by atoms with Crippen LogP contribution in [-0.4, -0.2) is 24.5 Å². The molecule has 35 heavy (non-hydrogen) atoms. The van der Waals surface area contributed by atoms with Crippen LogP contribution in [0.2, 0.25) is 10.0 Å². The van der Waals surface area contributed by atoms with E-state index in [-0.39, 0.29) is 22.1 Å². The van der Waals surface area contributed by atoms with Gasteiger partial charge in [-0.05, 0) is 72.8 Å². The Kier molecular flexibility index (Phi) is 7.63. The van der Waals surface area contributed by atoms with Crippen molar-refractivity contribution < 1.29 is 22.2 Å². The lowest BCUT2D eigenvalue weighted by Gasteiger charge is -2.14. The highest BCUT2D eigenvalue weighted by atomic mass is 79.9. The van der Waals surface area contributed by atoms with Gasteiger partial charge in [-0.3, -0.25) is 14.5 Å². The molecule has 1 aliphatic rings. The van der Waals surface area contributed by atoms with Gasteiger partial charge in [-0.1, -0.05) is 62.9 Å². The first-order valence-corrected chi connectivity index (χ1v) is 13.8. The third-order valence-corrected chi connectivity index (χ3v) is 8.22. The van der Waals surface area contributed by atoms with Crippen LogP contribution < -0.4 is 4.18 Å². The van der Waals surface area contributed by atoms with Gasteiger partial charge in [0.15, 0.2) is 0 Å². The first-order chi connectivity index (χ1) is 16.5. The number of benzene rings is 3. The Bertz CT molecular complexity index is 1470. The van der Waals surface area contributed by atoms with Crippen LogP contribution in [0.5, 0.6) is 5.75 Å². The molecular formula is C24H16BrCl2NO5S2. The quantitative estimate of drug-likeness (QED) is 0.219. The first kappa shape index (κ1) is 25.8. The summed E-state index contributed by atoms with van der Waals surface area (Å²) in [5, 5.41) is 0.303. The number of imide groups is 1. The van der Waals surface area contributed by atoms with E-state index in [1.54, 1.807) is 36.4 Å². The first-order valence-electron chi connectivity index (χ1n) is 10.0. The number of amides is 2. The third-order valence-electron chi connectivity index (χ3n) is 4.98. The van der Waals surface area contributed by atoms with Crippen molar-refractivity contribution in [3.8, 4) is 5.75 Å². The summed E-state index contributed by atoms with van der Waals surface area (Å²) in [6.45, 7) is 1.82. The fourth-order valence-electron chi connectivity index (χ4n) is 3.18. The van der Waals surface area contributed by atoms with Crippen LogP contribution in [0.1, 0.15) is 16.7 Å². The van der Waals surface area contributed by atoms with E-state index in [4.69, 9.17) is 27.4 Å². The average molecular weight is 613 g/mol. The maximum atomic E-state index is 13.0. The van der Waals surface area contributed by atoms with E-state index in [0.717, 1.165) is 22.2 Å². The Morgan fingerprint density at radius 3 is 2.43 bits per heavy atom. The predicted molar refractivity (Wildman–Crippen MR) is 141 cm³/mol. The molecule has 0 saturated carbocycles. The van der Waals surface area contributed by atoms with Crippen molar-refractivity contribution in [1.82, 2.24) is 4.90 Å². The summed E-state index contributed by atoms with van der Waals surface area (Å²) in [5.41, 5.74) is 1.78. The van der Waals surface area contributed by atoms with Crippen LogP contribution in [-0.2, 0) is 21.5 Å². The Hall–Kier alpha value is -2.30. The van der Waals surface area contributed by atoms with Gasteiger partial charge < -0.3 is 4.18 Å². The smallest absolute Gasteiger partial charge is 0.339 e. The van der Waals surface area contributed by atoms with Gasteiger partial charge in [0.25, 0.3) is 11.1 Å². The minimum atomic E-state index is -4.12. The molecule has 1 saturated heterocycles. The van der Waals surface area contributed by atoms with Gasteiger partial charge in [0.2, 0.25) is 0 Å². The van der Waals surface area contributed by atoms with Gasteiger partial charge in [-0.2, -0.15) is 8.42 Å². The van der Waals surface area contributed by atoms with Gasteiger partial charge in [0.05, 0.1) is 11.4 Å². The average Bonchev–Trinajstić information content (AvgIpc) is 3.05. The van der Waals surface area contributed by atoms with Crippen LogP contribution in [0.15, 0.2) is 74.9 Å². The minimum absolute atomic E-state index is 0.00265. The van der Waals surface area contributed by atoms with Crippen molar-refractivity contribution >= 4 is 78.2 Å². The molecule has 1 heterocycles. The minimum Gasteiger partial charge on any atom is -0.378 e. The molecule has 0 bridgehead atoms. The van der Waals surface area contributed by atoms with Gasteiger partial charge >= 0.3 is 10.1 Å². The van der Waals surface area contributed by atoms with Crippen LogP contribution in [0, 0.1) is 6.92 Å². The molecule has 3 aromatic carbocycles. The molecule has 0 aliphatic carbocycles. The highest BCUT2D eigenvalue weighted by Crippen LogP contribution is 2.37. The van der Waals surface area contributed by atoms with E-state index in [9.17, 15) is 18.0 Å². The van der Waals surface area contributed by atoms with Crippen molar-refractivity contribution in [3.05, 3.63) is 96.8 Å². The highest BCUT2D eigenvalue weighted by Gasteiger charge is 2.35. The molecule has 2 amide bonds. The molecule has 0 spiro atoms. The highest BCUT2D eigenvalue weighted by molar-refractivity contribution is 9.10. The van der Waals surface area contributed by atoms with Gasteiger partial charge in [0.1, 0.15) is 10.6 Å². The van der Waals surface area contributed by atoms with Crippen molar-refractivity contribution in [2.75, 3.05) is 0 Å². The molecule has 1 fully saturated rings. The van der Waals surface area contributed by atoms with Crippen molar-refractivity contribution in [2.45, 2.75) is 18.4 Å². The lowest BCUT2D eigenvalue weighted by molar-refractivity contribution is -0.123. The summed E-state index contributed by atoms with van der Waals surface area (Å²) in [6, 6.07) is 15.7. The van der Waals surface area contributed by atoms with Crippen LogP contribution >= 0.6 is 50.9 Å². The Morgan fingerprint density at radius 2 is 1.74 bits per heavy atom. The SMILES string of the molecule is Cc1ccc(S(=O)(=O)Oc2ccc(Br)cc2/C=C2\SC(=O)N(Cc3ccc(Cl)cc3Cl)C2=O)cc1. The summed E-state index contributed by atoms with van der Waals surface area (Å²) in [6.07, 6.45) is 1.43. The van der Waals surface area contributed by atoms with Gasteiger partial charge in [0, 0.05) is 20.1 Å². The Balaban J connectivity index is 1.63. The number of hydrogen-bond donors (Lipinski definition) is 0. The summed E-state index contributed by atoms with van der Waals surface area (Å²) in [4.78, 5) is 26.8. The largest absolute Gasteiger partial charge is 0.378 e. The van der Waals surface area contributed by atoms with Crippen LogP contribution in [0.3, 0.4) is 0 Å². The van der Waals surface area contributed by atoms with E-state index >= 15 is 0 Å². The molecule has 0 unspecified atom stereocenters. The van der Waals surface area contributed by atoms with Crippen molar-refractivity contribution in [1.29, 1.82) is 0 Å². The fraction of sp³-hybridized carbons (Fsp3) is 0.0833. The number of aryl methyl sites for hydroxylation is 1. The second-order valence-electron chi connectivity index (χ2n) is 7.54. The van der Waals surface area contributed by atoms with E-state index in [1.165, 1.54) is 30.3 Å². The van der Waals surface area contributed by atoms with E-state index < -0.39 is 21.3 Å². The van der Waals surface area contributed by atoms with Crippen LogP contribution in [0.4, 0.5) is 4.79 Å². The summed E-state index contributed by atoms with van der Waals surface area (Å²) in [5.74, 6) is -0.514. The monoisotopic (exact) mass is 611 g/mol. The maximum Gasteiger partial charge on any atom is 0.339 e. The number of carbonyl (C=O) groups is 2. The fourth-order valence-corrected chi connectivity index (χ4v) is 5.81. The molecule has 11 heteroatoms. The topological polar surface area (TPSA) is 80.8 Å². The molecule has 6 nitrogen and oxygen atoms in total. The molecule has 0 aromatic heterocycles. The molecule has 4 rings (SSSR count). The zero-order valence-corrected chi connectivity index (χ0v) is 22.7. The molecule has 0 atom stereocenters. The molecular weight excluding hydrogens is 597 g/mol. The summed E-state index contributed by atoms with van der Waals surface area (Å²) < 4.78 is 31.6. The van der Waals surface area contributed by atoms with E-state index in [0.29, 0.717) is 25.6 Å². The van der Waals surface area contributed by atoms with Crippen molar-refractivity contribution in [3.63, 3.8) is 0 Å². The zero-order chi connectivity index (χ0) is 25.3. The number of nitrogens with zero attached hydrogens (tertiary/aromatic N) is 1. The molecule has 180 valence electrons. The number of hydrogen-bond acceptors (Lipinski definition) is 6. The van der Waals surface area contributed by atoms with Crippen molar-refractivity contribution in [2.24, 2.45) is 0 Å². The van der Waals surface area contributed by atoms with Crippen LogP contribution in [0.25, 0.3) is 6.08 Å². The number of halogens is 3. The van der Waals surface area contributed by atoms with E-state index in [1.807, 2.05) is 6.92 Å². The number of rotatable bonds is 6. The lowest BCUT2D eigenvalue weighted by atomic mass is 10.1. The predicted octanol–water partition coefficient (Wildman–Crippen LogP) is 7.07. The third kappa shape index (κ3) is 5.92. The lowest BCUT2D eigenvalue weighted by Crippen LogP contribution is -2.27. The Labute approximate surface area is 225 Å². The molecule has 0 N–H and O–H groups in total. The zero-order valence-electron chi connectivity index (χ0n) is 18.0. The summed E-state index contributed by atoms with van der Waals surface area (Å²) >= 11 is 16.2. The standard InChI is InChI=1S/C24H16BrCl2NO5S2/c1-14-2-7-19(8-3-14)35(31,32)33-21-9-5-17(25)10-16(21)11-22-23(29)28(24(30)34-22)13-15-4-6-18(26)12-20(15)27/h2-12H,13H2,1H3/b22-11-. The second kappa shape index (κ2) is 10.4.